The van der Waals surface area contributed by atoms with Gasteiger partial charge in [0.1, 0.15) is 6.61 Å². The molecule has 0 bridgehead atoms. The highest BCUT2D eigenvalue weighted by atomic mass is 16.5. The molecule has 150 valence electrons. The molecule has 0 N–H and O–H groups in total. The Bertz CT molecular complexity index is 862. The van der Waals surface area contributed by atoms with Crippen LogP contribution in [0.3, 0.4) is 0 Å². The van der Waals surface area contributed by atoms with Gasteiger partial charge in [0.2, 0.25) is 5.88 Å². The smallest absolute Gasteiger partial charge is 0.255 e. The molecular formula is C23H25N3O3. The number of nitrogens with zero attached hydrogens (tertiary/aromatic N) is 3. The predicted octanol–water partition coefficient (Wildman–Crippen LogP) is 3.34. The van der Waals surface area contributed by atoms with Crippen LogP contribution in [0.15, 0.2) is 48.7 Å². The first-order valence-corrected chi connectivity index (χ1v) is 10.2. The van der Waals surface area contributed by atoms with Gasteiger partial charge in [0.05, 0.1) is 23.2 Å². The molecule has 0 saturated carbocycles. The normalized spacial score (nSPS) is 20.8. The van der Waals surface area contributed by atoms with Gasteiger partial charge in [-0.05, 0) is 37.3 Å². The van der Waals surface area contributed by atoms with Crippen LogP contribution in [0.2, 0.25) is 0 Å². The Morgan fingerprint density at radius 2 is 2.03 bits per heavy atom. The van der Waals surface area contributed by atoms with Gasteiger partial charge < -0.3 is 14.4 Å². The molecule has 1 atom stereocenters. The van der Waals surface area contributed by atoms with Crippen LogP contribution in [-0.2, 0) is 10.2 Å². The number of amides is 1. The summed E-state index contributed by atoms with van der Waals surface area (Å²) in [6.45, 7) is 2.39. The number of hydrogen-bond acceptors (Lipinski definition) is 5. The molecular weight excluding hydrogens is 366 g/mol. The summed E-state index contributed by atoms with van der Waals surface area (Å²) in [6, 6.07) is 15.9. The van der Waals surface area contributed by atoms with E-state index >= 15 is 0 Å². The summed E-state index contributed by atoms with van der Waals surface area (Å²) in [6.07, 6.45) is 5.05. The molecule has 3 heterocycles. The average Bonchev–Trinajstić information content (AvgIpc) is 3.32. The molecule has 0 aliphatic carbocycles. The number of ether oxygens (including phenoxy) is 2. The Hall–Kier alpha value is -2.91. The summed E-state index contributed by atoms with van der Waals surface area (Å²) in [7, 11) is 0. The summed E-state index contributed by atoms with van der Waals surface area (Å²) in [5, 5.41) is 9.81. The van der Waals surface area contributed by atoms with Crippen molar-refractivity contribution in [1.82, 2.24) is 9.88 Å². The average molecular weight is 391 g/mol. The van der Waals surface area contributed by atoms with Crippen molar-refractivity contribution in [3.05, 3.63) is 59.8 Å². The zero-order chi connectivity index (χ0) is 20.1. The van der Waals surface area contributed by atoms with E-state index in [4.69, 9.17) is 9.47 Å². The van der Waals surface area contributed by atoms with Crippen LogP contribution in [0.1, 0.15) is 41.6 Å². The van der Waals surface area contributed by atoms with Crippen molar-refractivity contribution in [2.45, 2.75) is 37.2 Å². The van der Waals surface area contributed by atoms with Crippen molar-refractivity contribution in [1.29, 1.82) is 5.26 Å². The molecule has 29 heavy (non-hydrogen) atoms. The van der Waals surface area contributed by atoms with Crippen LogP contribution in [0.4, 0.5) is 0 Å². The number of likely N-dealkylation sites (tertiary alicyclic amines) is 1. The third kappa shape index (κ3) is 4.25. The minimum absolute atomic E-state index is 0.0530. The fourth-order valence-electron chi connectivity index (χ4n) is 4.04. The molecule has 2 fully saturated rings. The topological polar surface area (TPSA) is 75.5 Å². The van der Waals surface area contributed by atoms with Crippen LogP contribution in [0.25, 0.3) is 0 Å². The Labute approximate surface area is 171 Å². The molecule has 6 heteroatoms. The van der Waals surface area contributed by atoms with Gasteiger partial charge in [-0.15, -0.1) is 0 Å². The highest BCUT2D eigenvalue weighted by molar-refractivity contribution is 5.94. The van der Waals surface area contributed by atoms with E-state index in [0.29, 0.717) is 44.0 Å². The number of nitriles is 1. The lowest BCUT2D eigenvalue weighted by Gasteiger charge is -2.37. The SMILES string of the molecule is N#CC1(c2ccccc2)CCN(C(=O)c2ccc(OC[C@@H]3CCCO3)nc2)CC1. The largest absolute Gasteiger partial charge is 0.475 e. The molecule has 1 amide bonds. The van der Waals surface area contributed by atoms with E-state index in [1.165, 1.54) is 0 Å². The van der Waals surface area contributed by atoms with Crippen molar-refractivity contribution >= 4 is 5.91 Å². The molecule has 6 nitrogen and oxygen atoms in total. The van der Waals surface area contributed by atoms with E-state index in [1.54, 1.807) is 18.3 Å². The number of rotatable bonds is 5. The van der Waals surface area contributed by atoms with Gasteiger partial charge in [-0.3, -0.25) is 4.79 Å². The van der Waals surface area contributed by atoms with E-state index < -0.39 is 5.41 Å². The van der Waals surface area contributed by atoms with Crippen molar-refractivity contribution in [2.75, 3.05) is 26.3 Å². The molecule has 2 aliphatic heterocycles. The van der Waals surface area contributed by atoms with E-state index in [0.717, 1.165) is 25.0 Å². The summed E-state index contributed by atoms with van der Waals surface area (Å²) < 4.78 is 11.2. The van der Waals surface area contributed by atoms with E-state index in [1.807, 2.05) is 35.2 Å². The van der Waals surface area contributed by atoms with Gasteiger partial charge in [-0.1, -0.05) is 30.3 Å². The quantitative estimate of drug-likeness (QED) is 0.781. The Morgan fingerprint density at radius 1 is 1.24 bits per heavy atom. The minimum Gasteiger partial charge on any atom is -0.475 e. The first-order chi connectivity index (χ1) is 14.2. The van der Waals surface area contributed by atoms with Crippen LogP contribution in [0, 0.1) is 11.3 Å². The number of carbonyl (C=O) groups excluding carboxylic acids is 1. The molecule has 1 aromatic carbocycles. The van der Waals surface area contributed by atoms with Gasteiger partial charge in [-0.25, -0.2) is 4.98 Å². The molecule has 2 aromatic rings. The molecule has 0 spiro atoms. The first kappa shape index (κ1) is 19.4. The van der Waals surface area contributed by atoms with Crippen molar-refractivity contribution < 1.29 is 14.3 Å². The van der Waals surface area contributed by atoms with Gasteiger partial charge in [-0.2, -0.15) is 5.26 Å². The summed E-state index contributed by atoms with van der Waals surface area (Å²) >= 11 is 0. The van der Waals surface area contributed by atoms with Crippen LogP contribution in [-0.4, -0.2) is 48.2 Å². The lowest BCUT2D eigenvalue weighted by Crippen LogP contribution is -2.44. The molecule has 1 aromatic heterocycles. The Balaban J connectivity index is 1.35. The summed E-state index contributed by atoms with van der Waals surface area (Å²) in [5.41, 5.74) is 1.05. The molecule has 0 unspecified atom stereocenters. The van der Waals surface area contributed by atoms with E-state index in [9.17, 15) is 10.1 Å². The fraction of sp³-hybridized carbons (Fsp3) is 0.435. The third-order valence-corrected chi connectivity index (χ3v) is 5.87. The van der Waals surface area contributed by atoms with Crippen LogP contribution in [0.5, 0.6) is 5.88 Å². The van der Waals surface area contributed by atoms with Crippen LogP contribution >= 0.6 is 0 Å². The number of carbonyl (C=O) groups is 1. The van der Waals surface area contributed by atoms with Gasteiger partial charge in [0.15, 0.2) is 0 Å². The Kier molecular flexibility index (Phi) is 5.77. The first-order valence-electron chi connectivity index (χ1n) is 10.2. The maximum atomic E-state index is 12.9. The highest BCUT2D eigenvalue weighted by Crippen LogP contribution is 2.35. The van der Waals surface area contributed by atoms with Gasteiger partial charge >= 0.3 is 0 Å². The Morgan fingerprint density at radius 3 is 2.66 bits per heavy atom. The second-order valence-electron chi connectivity index (χ2n) is 7.68. The standard InChI is InChI=1S/C23H25N3O3/c24-17-23(19-5-2-1-3-6-19)10-12-26(13-11-23)22(27)18-8-9-21(25-15-18)29-16-20-7-4-14-28-20/h1-3,5-6,8-9,15,20H,4,7,10-14,16H2/t20-/m0/s1. The lowest BCUT2D eigenvalue weighted by molar-refractivity contribution is 0.0659. The van der Waals surface area contributed by atoms with Crippen molar-refractivity contribution in [3.63, 3.8) is 0 Å². The fourth-order valence-corrected chi connectivity index (χ4v) is 4.04. The highest BCUT2D eigenvalue weighted by Gasteiger charge is 2.37. The maximum absolute atomic E-state index is 12.9. The number of piperidine rings is 1. The monoisotopic (exact) mass is 391 g/mol. The summed E-state index contributed by atoms with van der Waals surface area (Å²) in [5.74, 6) is 0.450. The molecule has 2 aliphatic rings. The molecule has 0 radical (unpaired) electrons. The second kappa shape index (κ2) is 8.62. The second-order valence-corrected chi connectivity index (χ2v) is 7.68. The zero-order valence-electron chi connectivity index (χ0n) is 16.4. The molecule has 2 saturated heterocycles. The van der Waals surface area contributed by atoms with E-state index in [-0.39, 0.29) is 12.0 Å². The van der Waals surface area contributed by atoms with Gasteiger partial charge in [0.25, 0.3) is 5.91 Å². The number of hydrogen-bond donors (Lipinski definition) is 0. The number of pyridine rings is 1. The van der Waals surface area contributed by atoms with Crippen LogP contribution < -0.4 is 4.74 Å². The maximum Gasteiger partial charge on any atom is 0.255 e. The van der Waals surface area contributed by atoms with E-state index in [2.05, 4.69) is 11.1 Å². The number of aromatic nitrogens is 1. The lowest BCUT2D eigenvalue weighted by atomic mass is 9.74. The number of benzene rings is 1. The molecule has 4 rings (SSSR count). The summed E-state index contributed by atoms with van der Waals surface area (Å²) in [4.78, 5) is 18.9. The third-order valence-electron chi connectivity index (χ3n) is 5.87. The zero-order valence-corrected chi connectivity index (χ0v) is 16.4. The van der Waals surface area contributed by atoms with Crippen molar-refractivity contribution in [2.24, 2.45) is 0 Å². The van der Waals surface area contributed by atoms with Crippen molar-refractivity contribution in [3.8, 4) is 11.9 Å². The predicted molar refractivity (Wildman–Crippen MR) is 108 cm³/mol. The minimum atomic E-state index is -0.518. The van der Waals surface area contributed by atoms with Gasteiger partial charge in [0, 0.05) is 32.0 Å².